The van der Waals surface area contributed by atoms with E-state index in [1.54, 1.807) is 17.9 Å². The average molecular weight is 576 g/mol. The van der Waals surface area contributed by atoms with E-state index in [9.17, 15) is 9.59 Å². The van der Waals surface area contributed by atoms with Crippen molar-refractivity contribution in [1.82, 2.24) is 4.90 Å². The van der Waals surface area contributed by atoms with Crippen molar-refractivity contribution in [3.63, 3.8) is 0 Å². The molecule has 1 fully saturated rings. The van der Waals surface area contributed by atoms with E-state index in [0.717, 1.165) is 23.2 Å². The summed E-state index contributed by atoms with van der Waals surface area (Å²) >= 11 is 4.87. The quantitative estimate of drug-likeness (QED) is 0.238. The Morgan fingerprint density at radius 3 is 2.50 bits per heavy atom. The fourth-order valence-electron chi connectivity index (χ4n) is 3.43. The molecule has 7 nitrogen and oxygen atoms in total. The van der Waals surface area contributed by atoms with Crippen LogP contribution in [0, 0.1) is 6.92 Å². The van der Waals surface area contributed by atoms with Crippen LogP contribution in [0.5, 0.6) is 11.5 Å². The van der Waals surface area contributed by atoms with E-state index in [4.69, 9.17) is 19.2 Å². The number of amides is 1. The van der Waals surface area contributed by atoms with Crippen molar-refractivity contribution >= 4 is 56.5 Å². The van der Waals surface area contributed by atoms with E-state index in [0.29, 0.717) is 32.7 Å². The molecule has 1 aliphatic rings. The van der Waals surface area contributed by atoms with Crippen LogP contribution in [0.4, 0.5) is 5.69 Å². The molecule has 1 saturated heterocycles. The highest BCUT2D eigenvalue weighted by molar-refractivity contribution is 9.10. The number of carbonyl (C=O) groups is 2. The SMILES string of the molecule is CCOC(=O)COc1c(Br)cc(/C=C2/SC(=Nc3ccc(C)cc3)N([C@H](C)CC)C2=O)cc1OCC. The molecule has 0 saturated carbocycles. The molecule has 1 aliphatic heterocycles. The summed E-state index contributed by atoms with van der Waals surface area (Å²) < 4.78 is 17.0. The van der Waals surface area contributed by atoms with Crippen molar-refractivity contribution in [2.75, 3.05) is 19.8 Å². The summed E-state index contributed by atoms with van der Waals surface area (Å²) in [5.74, 6) is 0.319. The van der Waals surface area contributed by atoms with Gasteiger partial charge in [0.1, 0.15) is 0 Å². The van der Waals surface area contributed by atoms with Gasteiger partial charge in [0.25, 0.3) is 5.91 Å². The van der Waals surface area contributed by atoms with Crippen LogP contribution < -0.4 is 9.47 Å². The van der Waals surface area contributed by atoms with Gasteiger partial charge in [-0.15, -0.1) is 0 Å². The normalized spacial score (nSPS) is 16.5. The fourth-order valence-corrected chi connectivity index (χ4v) is 5.09. The molecule has 1 atom stereocenters. The largest absolute Gasteiger partial charge is 0.490 e. The Hall–Kier alpha value is -2.78. The number of hydrogen-bond acceptors (Lipinski definition) is 7. The Labute approximate surface area is 225 Å². The molecule has 1 amide bonds. The maximum Gasteiger partial charge on any atom is 0.344 e. The minimum atomic E-state index is -0.462. The number of ether oxygens (including phenoxy) is 3. The zero-order chi connectivity index (χ0) is 26.2. The fraction of sp³-hybridized carbons (Fsp3) is 0.370. The Balaban J connectivity index is 1.94. The molecule has 0 aromatic heterocycles. The van der Waals surface area contributed by atoms with Crippen LogP contribution in [-0.4, -0.2) is 47.8 Å². The first-order chi connectivity index (χ1) is 17.3. The summed E-state index contributed by atoms with van der Waals surface area (Å²) in [4.78, 5) is 32.2. The number of aliphatic imine (C=N–C) groups is 1. The van der Waals surface area contributed by atoms with Gasteiger partial charge in [0.2, 0.25) is 0 Å². The summed E-state index contributed by atoms with van der Waals surface area (Å²) in [7, 11) is 0. The van der Waals surface area contributed by atoms with Crippen molar-refractivity contribution < 1.29 is 23.8 Å². The molecule has 0 N–H and O–H groups in total. The van der Waals surface area contributed by atoms with Crippen LogP contribution in [0.1, 0.15) is 45.2 Å². The summed E-state index contributed by atoms with van der Waals surface area (Å²) in [6, 6.07) is 11.5. The molecule has 2 aromatic rings. The third-order valence-corrected chi connectivity index (χ3v) is 6.97. The summed E-state index contributed by atoms with van der Waals surface area (Å²) in [6.07, 6.45) is 2.63. The number of amidine groups is 1. The molecule has 9 heteroatoms. The van der Waals surface area contributed by atoms with Gasteiger partial charge < -0.3 is 14.2 Å². The highest BCUT2D eigenvalue weighted by Gasteiger charge is 2.36. The van der Waals surface area contributed by atoms with E-state index >= 15 is 0 Å². The molecule has 0 spiro atoms. The lowest BCUT2D eigenvalue weighted by Gasteiger charge is -2.22. The van der Waals surface area contributed by atoms with Crippen LogP contribution in [0.3, 0.4) is 0 Å². The first-order valence-electron chi connectivity index (χ1n) is 11.9. The number of rotatable bonds is 10. The Bertz CT molecular complexity index is 1160. The van der Waals surface area contributed by atoms with Crippen molar-refractivity contribution in [2.45, 2.75) is 47.1 Å². The molecular formula is C27H31BrN2O5S. The van der Waals surface area contributed by atoms with Crippen molar-refractivity contribution in [3.05, 3.63) is 56.9 Å². The van der Waals surface area contributed by atoms with Crippen molar-refractivity contribution in [3.8, 4) is 11.5 Å². The minimum Gasteiger partial charge on any atom is -0.490 e. The number of carbonyl (C=O) groups excluding carboxylic acids is 2. The Morgan fingerprint density at radius 2 is 1.86 bits per heavy atom. The summed E-state index contributed by atoms with van der Waals surface area (Å²) in [5.41, 5.74) is 2.71. The molecular weight excluding hydrogens is 544 g/mol. The van der Waals surface area contributed by atoms with Gasteiger partial charge >= 0.3 is 5.97 Å². The predicted molar refractivity (Wildman–Crippen MR) is 148 cm³/mol. The van der Waals surface area contributed by atoms with Crippen LogP contribution >= 0.6 is 27.7 Å². The van der Waals surface area contributed by atoms with E-state index in [2.05, 4.69) is 15.9 Å². The topological polar surface area (TPSA) is 77.4 Å². The van der Waals surface area contributed by atoms with Gasteiger partial charge in [0, 0.05) is 6.04 Å². The first kappa shape index (κ1) is 27.8. The molecule has 0 unspecified atom stereocenters. The average Bonchev–Trinajstić information content (AvgIpc) is 3.14. The second-order valence-corrected chi connectivity index (χ2v) is 9.99. The summed E-state index contributed by atoms with van der Waals surface area (Å²) in [6.45, 7) is 10.2. The second-order valence-electron chi connectivity index (χ2n) is 8.13. The lowest BCUT2D eigenvalue weighted by Crippen LogP contribution is -2.36. The monoisotopic (exact) mass is 574 g/mol. The molecule has 192 valence electrons. The maximum atomic E-state index is 13.4. The van der Waals surface area contributed by atoms with Crippen LogP contribution in [0.25, 0.3) is 6.08 Å². The molecule has 0 aliphatic carbocycles. The lowest BCUT2D eigenvalue weighted by atomic mass is 10.1. The van der Waals surface area contributed by atoms with E-state index in [1.165, 1.54) is 11.8 Å². The van der Waals surface area contributed by atoms with Gasteiger partial charge in [-0.2, -0.15) is 0 Å². The van der Waals surface area contributed by atoms with Crippen LogP contribution in [0.15, 0.2) is 50.8 Å². The third-order valence-electron chi connectivity index (χ3n) is 5.40. The van der Waals surface area contributed by atoms with Gasteiger partial charge in [-0.1, -0.05) is 24.6 Å². The Morgan fingerprint density at radius 1 is 1.14 bits per heavy atom. The van der Waals surface area contributed by atoms with Crippen LogP contribution in [0.2, 0.25) is 0 Å². The second kappa shape index (κ2) is 13.0. The van der Waals surface area contributed by atoms with Crippen molar-refractivity contribution in [1.29, 1.82) is 0 Å². The van der Waals surface area contributed by atoms with Gasteiger partial charge in [0.05, 0.1) is 28.3 Å². The highest BCUT2D eigenvalue weighted by Crippen LogP contribution is 2.40. The lowest BCUT2D eigenvalue weighted by molar-refractivity contribution is -0.145. The molecule has 0 radical (unpaired) electrons. The van der Waals surface area contributed by atoms with E-state index in [-0.39, 0.29) is 25.2 Å². The number of esters is 1. The van der Waals surface area contributed by atoms with Gasteiger partial charge in [-0.3, -0.25) is 9.69 Å². The molecule has 1 heterocycles. The van der Waals surface area contributed by atoms with Gasteiger partial charge in [-0.05, 0) is 97.7 Å². The number of halogens is 1. The first-order valence-corrected chi connectivity index (χ1v) is 13.5. The molecule has 3 rings (SSSR count). The van der Waals surface area contributed by atoms with E-state index < -0.39 is 5.97 Å². The maximum absolute atomic E-state index is 13.4. The van der Waals surface area contributed by atoms with E-state index in [1.807, 2.05) is 64.1 Å². The van der Waals surface area contributed by atoms with Gasteiger partial charge in [-0.25, -0.2) is 9.79 Å². The highest BCUT2D eigenvalue weighted by atomic mass is 79.9. The number of hydrogen-bond donors (Lipinski definition) is 0. The molecule has 0 bridgehead atoms. The standard InChI is InChI=1S/C27H31BrN2O5S/c1-6-18(5)30-26(32)23(36-27(30)29-20-11-9-17(4)10-12-20)15-19-13-21(28)25(22(14-19)33-7-2)35-16-24(31)34-8-3/h9-15,18H,6-8,16H2,1-5H3/b23-15+,29-27?/t18-/m1/s1. The smallest absolute Gasteiger partial charge is 0.344 e. The third kappa shape index (κ3) is 6.91. The zero-order valence-electron chi connectivity index (χ0n) is 21.2. The Kier molecular flexibility index (Phi) is 10.0. The molecule has 36 heavy (non-hydrogen) atoms. The van der Waals surface area contributed by atoms with Gasteiger partial charge in [0.15, 0.2) is 23.3 Å². The zero-order valence-corrected chi connectivity index (χ0v) is 23.6. The predicted octanol–water partition coefficient (Wildman–Crippen LogP) is 6.50. The minimum absolute atomic E-state index is 0.00414. The number of benzene rings is 2. The molecule has 2 aromatic carbocycles. The number of aryl methyl sites for hydroxylation is 1. The van der Waals surface area contributed by atoms with Crippen LogP contribution in [-0.2, 0) is 14.3 Å². The summed E-state index contributed by atoms with van der Waals surface area (Å²) in [5, 5.41) is 0.656. The van der Waals surface area contributed by atoms with Crippen molar-refractivity contribution in [2.24, 2.45) is 4.99 Å². The number of nitrogens with zero attached hydrogens (tertiary/aromatic N) is 2. The number of thioether (sulfide) groups is 1.